The number of aromatic carboxylic acids is 1. The van der Waals surface area contributed by atoms with Crippen LogP contribution < -0.4 is 19.5 Å². The van der Waals surface area contributed by atoms with Crippen LogP contribution in [-0.4, -0.2) is 40.0 Å². The molecule has 142 valence electrons. The van der Waals surface area contributed by atoms with Crippen molar-refractivity contribution in [2.75, 3.05) is 18.6 Å². The van der Waals surface area contributed by atoms with Crippen molar-refractivity contribution in [1.29, 1.82) is 0 Å². The number of carboxylic acid groups (broad SMARTS) is 1. The van der Waals surface area contributed by atoms with E-state index in [9.17, 15) is 23.1 Å². The molecule has 2 aromatic rings. The van der Waals surface area contributed by atoms with Gasteiger partial charge in [-0.05, 0) is 42.0 Å². The molecule has 9 heteroatoms. The molecule has 0 aromatic heterocycles. The maximum Gasteiger partial charge on any atom is 0.240 e. The van der Waals surface area contributed by atoms with E-state index >= 15 is 0 Å². The quantitative estimate of drug-likeness (QED) is 0.751. The first kappa shape index (κ1) is 18.9. The maximum atomic E-state index is 12.5. The molecule has 1 saturated heterocycles. The predicted octanol–water partition coefficient (Wildman–Crippen LogP) is 0.143. The summed E-state index contributed by atoms with van der Waals surface area (Å²) in [6.07, 6.45) is 0.0301. The summed E-state index contributed by atoms with van der Waals surface area (Å²) in [4.78, 5) is 24.5. The molecule has 0 unspecified atom stereocenters. The number of methoxy groups -OCH3 is 1. The molecule has 1 heterocycles. The zero-order valence-electron chi connectivity index (χ0n) is 14.4. The lowest BCUT2D eigenvalue weighted by molar-refractivity contribution is -0.255. The Morgan fingerprint density at radius 2 is 1.78 bits per heavy atom. The molecule has 3 rings (SSSR count). The van der Waals surface area contributed by atoms with Crippen molar-refractivity contribution in [3.63, 3.8) is 0 Å². The van der Waals surface area contributed by atoms with Gasteiger partial charge >= 0.3 is 0 Å². The summed E-state index contributed by atoms with van der Waals surface area (Å²) in [5, 5.41) is 10.8. The van der Waals surface area contributed by atoms with Gasteiger partial charge in [-0.1, -0.05) is 12.1 Å². The van der Waals surface area contributed by atoms with Gasteiger partial charge in [-0.2, -0.15) is 0 Å². The number of amides is 1. The number of hydrogen-bond acceptors (Lipinski definition) is 6. The average Bonchev–Trinajstić information content (AvgIpc) is 3.01. The van der Waals surface area contributed by atoms with Crippen molar-refractivity contribution in [2.24, 2.45) is 0 Å². The SMILES string of the molecule is COc1ccc(N2C[C@H](NS(=O)(=O)c3ccc(C(=O)[O-])cc3)CC2=O)cc1. The molecule has 0 radical (unpaired) electrons. The fourth-order valence-electron chi connectivity index (χ4n) is 2.86. The summed E-state index contributed by atoms with van der Waals surface area (Å²) in [5.41, 5.74) is 0.538. The van der Waals surface area contributed by atoms with E-state index in [1.165, 1.54) is 17.0 Å². The van der Waals surface area contributed by atoms with Crippen LogP contribution in [0.25, 0.3) is 0 Å². The van der Waals surface area contributed by atoms with E-state index in [0.717, 1.165) is 12.1 Å². The van der Waals surface area contributed by atoms with Crippen LogP contribution in [0, 0.1) is 0 Å². The van der Waals surface area contributed by atoms with Crippen molar-refractivity contribution in [3.05, 3.63) is 54.1 Å². The highest BCUT2D eigenvalue weighted by Gasteiger charge is 2.33. The molecule has 8 nitrogen and oxygen atoms in total. The van der Waals surface area contributed by atoms with Gasteiger partial charge in [0.05, 0.1) is 18.0 Å². The Morgan fingerprint density at radius 3 is 2.33 bits per heavy atom. The summed E-state index contributed by atoms with van der Waals surface area (Å²) in [7, 11) is -2.35. The molecule has 0 bridgehead atoms. The Hall–Kier alpha value is -2.91. The van der Waals surface area contributed by atoms with E-state index in [-0.39, 0.29) is 29.3 Å². The van der Waals surface area contributed by atoms with Gasteiger partial charge < -0.3 is 19.5 Å². The van der Waals surface area contributed by atoms with Crippen LogP contribution in [0.1, 0.15) is 16.8 Å². The molecular weight excluding hydrogens is 372 g/mol. The molecule has 1 N–H and O–H groups in total. The molecule has 1 atom stereocenters. The standard InChI is InChI=1S/C18H18N2O6S/c1-26-15-6-4-14(5-7-15)20-11-13(10-17(20)21)19-27(24,25)16-8-2-12(3-9-16)18(22)23/h2-9,13,19H,10-11H2,1H3,(H,22,23)/p-1/t13-/m1/s1. The minimum absolute atomic E-state index is 0.0301. The van der Waals surface area contributed by atoms with E-state index in [2.05, 4.69) is 4.72 Å². The Labute approximate surface area is 156 Å². The van der Waals surface area contributed by atoms with Crippen LogP contribution in [0.15, 0.2) is 53.4 Å². The minimum Gasteiger partial charge on any atom is -0.545 e. The lowest BCUT2D eigenvalue weighted by atomic mass is 10.2. The third-order valence-corrected chi connectivity index (χ3v) is 5.77. The van der Waals surface area contributed by atoms with Crippen LogP contribution in [0.2, 0.25) is 0 Å². The second kappa shape index (κ2) is 7.37. The highest BCUT2D eigenvalue weighted by molar-refractivity contribution is 7.89. The lowest BCUT2D eigenvalue weighted by Crippen LogP contribution is -2.37. The largest absolute Gasteiger partial charge is 0.545 e. The van der Waals surface area contributed by atoms with Crippen LogP contribution in [-0.2, 0) is 14.8 Å². The van der Waals surface area contributed by atoms with E-state index in [1.54, 1.807) is 31.4 Å². The lowest BCUT2D eigenvalue weighted by Gasteiger charge is -2.17. The Morgan fingerprint density at radius 1 is 1.15 bits per heavy atom. The summed E-state index contributed by atoms with van der Waals surface area (Å²) in [5.74, 6) is -0.925. The summed E-state index contributed by atoms with van der Waals surface area (Å²) < 4.78 is 32.5. The van der Waals surface area contributed by atoms with Gasteiger partial charge in [0.2, 0.25) is 15.9 Å². The highest BCUT2D eigenvalue weighted by Crippen LogP contribution is 2.25. The van der Waals surface area contributed by atoms with Crippen LogP contribution in [0.3, 0.4) is 0 Å². The van der Waals surface area contributed by atoms with Crippen molar-refractivity contribution < 1.29 is 27.9 Å². The number of anilines is 1. The molecule has 27 heavy (non-hydrogen) atoms. The molecule has 1 aliphatic rings. The van der Waals surface area contributed by atoms with Gasteiger partial charge in [0.15, 0.2) is 0 Å². The minimum atomic E-state index is -3.89. The highest BCUT2D eigenvalue weighted by atomic mass is 32.2. The fourth-order valence-corrected chi connectivity index (χ4v) is 4.08. The van der Waals surface area contributed by atoms with E-state index in [4.69, 9.17) is 4.74 Å². The first-order chi connectivity index (χ1) is 12.8. The third-order valence-electron chi connectivity index (χ3n) is 4.23. The number of carbonyl (C=O) groups excluding carboxylic acids is 2. The molecule has 1 fully saturated rings. The number of rotatable bonds is 6. The second-order valence-electron chi connectivity index (χ2n) is 6.04. The fraction of sp³-hybridized carbons (Fsp3) is 0.222. The molecule has 0 aliphatic carbocycles. The number of carbonyl (C=O) groups is 2. The smallest absolute Gasteiger partial charge is 0.240 e. The van der Waals surface area contributed by atoms with Crippen LogP contribution in [0.4, 0.5) is 5.69 Å². The van der Waals surface area contributed by atoms with Crippen LogP contribution in [0.5, 0.6) is 5.75 Å². The third kappa shape index (κ3) is 4.09. The number of carboxylic acids is 1. The van der Waals surface area contributed by atoms with Crippen LogP contribution >= 0.6 is 0 Å². The number of ether oxygens (including phenoxy) is 1. The average molecular weight is 389 g/mol. The molecular formula is C18H17N2O6S-. The number of nitrogens with zero attached hydrogens (tertiary/aromatic N) is 1. The second-order valence-corrected chi connectivity index (χ2v) is 7.75. The first-order valence-electron chi connectivity index (χ1n) is 8.08. The molecule has 1 amide bonds. The summed E-state index contributed by atoms with van der Waals surface area (Å²) in [6, 6.07) is 11.0. The Balaban J connectivity index is 1.72. The van der Waals surface area contributed by atoms with Gasteiger partial charge in [0, 0.05) is 24.7 Å². The van der Waals surface area contributed by atoms with E-state index in [0.29, 0.717) is 11.4 Å². The Bertz CT molecular complexity index is 954. The number of benzene rings is 2. The first-order valence-corrected chi connectivity index (χ1v) is 9.56. The van der Waals surface area contributed by atoms with E-state index in [1.807, 2.05) is 0 Å². The van der Waals surface area contributed by atoms with Gasteiger partial charge in [0.1, 0.15) is 5.75 Å². The van der Waals surface area contributed by atoms with Crippen molar-refractivity contribution in [2.45, 2.75) is 17.4 Å². The molecule has 2 aromatic carbocycles. The Kier molecular flexibility index (Phi) is 5.15. The number of nitrogens with one attached hydrogen (secondary N) is 1. The predicted molar refractivity (Wildman–Crippen MR) is 94.8 cm³/mol. The van der Waals surface area contributed by atoms with Gasteiger partial charge in [0.25, 0.3) is 0 Å². The number of sulfonamides is 1. The van der Waals surface area contributed by atoms with Crippen molar-refractivity contribution >= 4 is 27.6 Å². The van der Waals surface area contributed by atoms with Gasteiger partial charge in [-0.3, -0.25) is 4.79 Å². The van der Waals surface area contributed by atoms with E-state index < -0.39 is 22.0 Å². The topological polar surface area (TPSA) is 116 Å². The van der Waals surface area contributed by atoms with Crippen molar-refractivity contribution in [1.82, 2.24) is 4.72 Å². The number of hydrogen-bond donors (Lipinski definition) is 1. The molecule has 1 aliphatic heterocycles. The zero-order chi connectivity index (χ0) is 19.6. The zero-order valence-corrected chi connectivity index (χ0v) is 15.2. The molecule has 0 spiro atoms. The monoisotopic (exact) mass is 389 g/mol. The van der Waals surface area contributed by atoms with Crippen molar-refractivity contribution in [3.8, 4) is 5.75 Å². The maximum absolute atomic E-state index is 12.5. The van der Waals surface area contributed by atoms with Gasteiger partial charge in [-0.15, -0.1) is 0 Å². The summed E-state index contributed by atoms with van der Waals surface area (Å²) >= 11 is 0. The van der Waals surface area contributed by atoms with Gasteiger partial charge in [-0.25, -0.2) is 13.1 Å². The summed E-state index contributed by atoms with van der Waals surface area (Å²) in [6.45, 7) is 0.196. The normalized spacial score (nSPS) is 17.1. The molecule has 0 saturated carbocycles.